The zero-order valence-corrected chi connectivity index (χ0v) is 11.6. The van der Waals surface area contributed by atoms with Gasteiger partial charge in [0.25, 0.3) is 5.91 Å². The summed E-state index contributed by atoms with van der Waals surface area (Å²) in [5.41, 5.74) is 0.522. The van der Waals surface area contributed by atoms with E-state index in [-0.39, 0.29) is 18.6 Å². The lowest BCUT2D eigenvalue weighted by Crippen LogP contribution is -2.32. The van der Waals surface area contributed by atoms with Crippen LogP contribution in [0.4, 0.5) is 0 Å². The molecule has 5 heteroatoms. The normalized spacial score (nSPS) is 11.8. The number of methoxy groups -OCH3 is 2. The summed E-state index contributed by atoms with van der Waals surface area (Å²) < 4.78 is 10.3. The number of benzene rings is 1. The number of rotatable bonds is 7. The van der Waals surface area contributed by atoms with Gasteiger partial charge in [0.1, 0.15) is 0 Å². The molecule has 0 aliphatic heterocycles. The number of carbonyl (C=O) groups is 1. The van der Waals surface area contributed by atoms with Crippen LogP contribution in [0.15, 0.2) is 18.2 Å². The van der Waals surface area contributed by atoms with Crippen LogP contribution >= 0.6 is 0 Å². The minimum atomic E-state index is -0.161. The molecule has 0 fully saturated rings. The first kappa shape index (κ1) is 15.3. The Labute approximate surface area is 113 Å². The average Bonchev–Trinajstić information content (AvgIpc) is 2.44. The van der Waals surface area contributed by atoms with Crippen molar-refractivity contribution in [1.29, 1.82) is 0 Å². The van der Waals surface area contributed by atoms with Gasteiger partial charge in [0.05, 0.1) is 14.2 Å². The Morgan fingerprint density at radius 1 is 1.32 bits per heavy atom. The van der Waals surface area contributed by atoms with Gasteiger partial charge in [0.2, 0.25) is 0 Å². The van der Waals surface area contributed by atoms with Crippen LogP contribution in [0.3, 0.4) is 0 Å². The molecular weight excluding hydrogens is 246 g/mol. The van der Waals surface area contributed by atoms with Gasteiger partial charge < -0.3 is 19.9 Å². The fourth-order valence-corrected chi connectivity index (χ4v) is 1.75. The Morgan fingerprint density at radius 3 is 2.58 bits per heavy atom. The standard InChI is InChI=1S/C14H21NO4/c1-10(5-4-8-16)15-14(17)11-6-7-12(18-2)13(9-11)19-3/h6-7,9-10,16H,4-5,8H2,1-3H3,(H,15,17). The van der Waals surface area contributed by atoms with Crippen LogP contribution in [0.5, 0.6) is 11.5 Å². The fourth-order valence-electron chi connectivity index (χ4n) is 1.75. The van der Waals surface area contributed by atoms with Crippen molar-refractivity contribution in [2.75, 3.05) is 20.8 Å². The molecule has 1 aromatic rings. The van der Waals surface area contributed by atoms with E-state index in [0.717, 1.165) is 6.42 Å². The topological polar surface area (TPSA) is 67.8 Å². The fraction of sp³-hybridized carbons (Fsp3) is 0.500. The Kier molecular flexibility index (Phi) is 6.15. The molecular formula is C14H21NO4. The highest BCUT2D eigenvalue weighted by molar-refractivity contribution is 5.95. The van der Waals surface area contributed by atoms with Crippen molar-refractivity contribution < 1.29 is 19.4 Å². The number of aliphatic hydroxyl groups is 1. The third-order valence-corrected chi connectivity index (χ3v) is 2.82. The van der Waals surface area contributed by atoms with Crippen molar-refractivity contribution >= 4 is 5.91 Å². The van der Waals surface area contributed by atoms with Crippen LogP contribution in [0.25, 0.3) is 0 Å². The number of amides is 1. The summed E-state index contributed by atoms with van der Waals surface area (Å²) >= 11 is 0. The largest absolute Gasteiger partial charge is 0.493 e. The predicted octanol–water partition coefficient (Wildman–Crippen LogP) is 1.59. The summed E-state index contributed by atoms with van der Waals surface area (Å²) in [7, 11) is 3.08. The molecule has 106 valence electrons. The van der Waals surface area contributed by atoms with Crippen LogP contribution < -0.4 is 14.8 Å². The molecule has 0 saturated carbocycles. The van der Waals surface area contributed by atoms with E-state index < -0.39 is 0 Å². The molecule has 19 heavy (non-hydrogen) atoms. The summed E-state index contributed by atoms with van der Waals surface area (Å²) in [6.07, 6.45) is 1.42. The molecule has 0 aliphatic rings. The number of aliphatic hydroxyl groups excluding tert-OH is 1. The first-order valence-electron chi connectivity index (χ1n) is 6.26. The number of carbonyl (C=O) groups excluding carboxylic acids is 1. The molecule has 0 spiro atoms. The molecule has 0 heterocycles. The van der Waals surface area contributed by atoms with Gasteiger partial charge in [-0.25, -0.2) is 0 Å². The van der Waals surface area contributed by atoms with Crippen LogP contribution in [-0.4, -0.2) is 37.9 Å². The smallest absolute Gasteiger partial charge is 0.251 e. The molecule has 5 nitrogen and oxygen atoms in total. The second-order valence-corrected chi connectivity index (χ2v) is 4.31. The van der Waals surface area contributed by atoms with Gasteiger partial charge in [0, 0.05) is 18.2 Å². The maximum absolute atomic E-state index is 12.0. The highest BCUT2D eigenvalue weighted by atomic mass is 16.5. The second-order valence-electron chi connectivity index (χ2n) is 4.31. The molecule has 0 aromatic heterocycles. The number of hydrogen-bond acceptors (Lipinski definition) is 4. The van der Waals surface area contributed by atoms with Gasteiger partial charge >= 0.3 is 0 Å². The zero-order valence-electron chi connectivity index (χ0n) is 11.6. The molecule has 1 unspecified atom stereocenters. The quantitative estimate of drug-likeness (QED) is 0.787. The summed E-state index contributed by atoms with van der Waals surface area (Å²) in [5.74, 6) is 0.955. The zero-order chi connectivity index (χ0) is 14.3. The molecule has 1 rings (SSSR count). The van der Waals surface area contributed by atoms with E-state index in [0.29, 0.717) is 23.5 Å². The van der Waals surface area contributed by atoms with E-state index in [1.807, 2.05) is 6.92 Å². The van der Waals surface area contributed by atoms with Gasteiger partial charge in [-0.15, -0.1) is 0 Å². The maximum atomic E-state index is 12.0. The Balaban J connectivity index is 2.71. The monoisotopic (exact) mass is 267 g/mol. The lowest BCUT2D eigenvalue weighted by Gasteiger charge is -2.14. The molecule has 2 N–H and O–H groups in total. The van der Waals surface area contributed by atoms with Crippen molar-refractivity contribution in [1.82, 2.24) is 5.32 Å². The van der Waals surface area contributed by atoms with Crippen molar-refractivity contribution in [2.45, 2.75) is 25.8 Å². The Hall–Kier alpha value is -1.75. The number of ether oxygens (including phenoxy) is 2. The van der Waals surface area contributed by atoms with E-state index in [9.17, 15) is 4.79 Å². The molecule has 0 bridgehead atoms. The van der Waals surface area contributed by atoms with Crippen LogP contribution in [0.1, 0.15) is 30.1 Å². The lowest BCUT2D eigenvalue weighted by atomic mass is 10.1. The molecule has 0 aliphatic carbocycles. The average molecular weight is 267 g/mol. The van der Waals surface area contributed by atoms with Crippen LogP contribution in [-0.2, 0) is 0 Å². The highest BCUT2D eigenvalue weighted by Crippen LogP contribution is 2.27. The van der Waals surface area contributed by atoms with E-state index in [1.54, 1.807) is 25.3 Å². The summed E-state index contributed by atoms with van der Waals surface area (Å²) in [5, 5.41) is 11.6. The molecule has 1 amide bonds. The van der Waals surface area contributed by atoms with E-state index in [2.05, 4.69) is 5.32 Å². The first-order valence-corrected chi connectivity index (χ1v) is 6.26. The minimum Gasteiger partial charge on any atom is -0.493 e. The van der Waals surface area contributed by atoms with Crippen molar-refractivity contribution in [3.05, 3.63) is 23.8 Å². The van der Waals surface area contributed by atoms with Gasteiger partial charge in [-0.05, 0) is 38.0 Å². The van der Waals surface area contributed by atoms with Crippen LogP contribution in [0, 0.1) is 0 Å². The second kappa shape index (κ2) is 7.63. The Morgan fingerprint density at radius 2 is 2.00 bits per heavy atom. The third-order valence-electron chi connectivity index (χ3n) is 2.82. The van der Waals surface area contributed by atoms with Crippen molar-refractivity contribution in [3.8, 4) is 11.5 Å². The van der Waals surface area contributed by atoms with Crippen LogP contribution in [0.2, 0.25) is 0 Å². The molecule has 1 aromatic carbocycles. The summed E-state index contributed by atoms with van der Waals surface area (Å²) in [6.45, 7) is 2.05. The summed E-state index contributed by atoms with van der Waals surface area (Å²) in [4.78, 5) is 12.0. The number of hydrogen-bond donors (Lipinski definition) is 2. The van der Waals surface area contributed by atoms with Crippen molar-refractivity contribution in [3.63, 3.8) is 0 Å². The SMILES string of the molecule is COc1ccc(C(=O)NC(C)CCCO)cc1OC. The minimum absolute atomic E-state index is 0.0211. The first-order chi connectivity index (χ1) is 9.12. The predicted molar refractivity (Wildman–Crippen MR) is 72.8 cm³/mol. The lowest BCUT2D eigenvalue weighted by molar-refractivity contribution is 0.0936. The van der Waals surface area contributed by atoms with Gasteiger partial charge in [-0.1, -0.05) is 0 Å². The van der Waals surface area contributed by atoms with Gasteiger partial charge in [-0.3, -0.25) is 4.79 Å². The van der Waals surface area contributed by atoms with E-state index >= 15 is 0 Å². The molecule has 0 radical (unpaired) electrons. The molecule has 1 atom stereocenters. The van der Waals surface area contributed by atoms with Crippen molar-refractivity contribution in [2.24, 2.45) is 0 Å². The molecule has 0 saturated heterocycles. The number of nitrogens with one attached hydrogen (secondary N) is 1. The maximum Gasteiger partial charge on any atom is 0.251 e. The summed E-state index contributed by atoms with van der Waals surface area (Å²) in [6, 6.07) is 5.06. The Bertz CT molecular complexity index is 420. The van der Waals surface area contributed by atoms with E-state index in [4.69, 9.17) is 14.6 Å². The van der Waals surface area contributed by atoms with E-state index in [1.165, 1.54) is 7.11 Å². The van der Waals surface area contributed by atoms with Gasteiger partial charge in [0.15, 0.2) is 11.5 Å². The highest BCUT2D eigenvalue weighted by Gasteiger charge is 2.12. The third kappa shape index (κ3) is 4.44. The van der Waals surface area contributed by atoms with Gasteiger partial charge in [-0.2, -0.15) is 0 Å².